The predicted molar refractivity (Wildman–Crippen MR) is 93.2 cm³/mol. The van der Waals surface area contributed by atoms with Gasteiger partial charge >= 0.3 is 12.3 Å². The van der Waals surface area contributed by atoms with Crippen molar-refractivity contribution in [1.82, 2.24) is 0 Å². The molecule has 1 aromatic rings. The number of carboxylic acid groups (broad SMARTS) is 1. The number of carbonyl (C=O) groups is 1. The summed E-state index contributed by atoms with van der Waals surface area (Å²) in [4.78, 5) is 12.8. The van der Waals surface area contributed by atoms with Crippen molar-refractivity contribution < 1.29 is 32.5 Å². The average molecular weight is 408 g/mol. The van der Waals surface area contributed by atoms with E-state index in [4.69, 9.17) is 21.4 Å². The first-order valence-electron chi connectivity index (χ1n) is 8.82. The van der Waals surface area contributed by atoms with E-state index in [2.05, 4.69) is 4.74 Å². The molecule has 0 bridgehead atoms. The molecular weight excluding hydrogens is 387 g/mol. The fourth-order valence-corrected chi connectivity index (χ4v) is 4.04. The van der Waals surface area contributed by atoms with Gasteiger partial charge in [0, 0.05) is 19.2 Å². The van der Waals surface area contributed by atoms with Gasteiger partial charge in [-0.25, -0.2) is 0 Å². The molecule has 9 heteroatoms. The van der Waals surface area contributed by atoms with E-state index in [1.165, 1.54) is 18.2 Å². The number of aliphatic carboxylic acids is 1. The second kappa shape index (κ2) is 7.75. The summed E-state index contributed by atoms with van der Waals surface area (Å²) in [5, 5.41) is 9.26. The third kappa shape index (κ3) is 5.19. The van der Waals surface area contributed by atoms with Gasteiger partial charge in [0.05, 0.1) is 29.3 Å². The van der Waals surface area contributed by atoms with E-state index in [9.17, 15) is 18.0 Å². The van der Waals surface area contributed by atoms with Crippen LogP contribution in [-0.4, -0.2) is 42.7 Å². The Hall–Kier alpha value is -1.67. The number of hydrogen-bond donors (Lipinski definition) is 1. The monoisotopic (exact) mass is 407 g/mol. The number of anilines is 1. The normalized spacial score (nSPS) is 22.7. The lowest BCUT2D eigenvalue weighted by Crippen LogP contribution is -2.49. The number of benzene rings is 1. The Balaban J connectivity index is 1.61. The third-order valence-electron chi connectivity index (χ3n) is 5.26. The predicted octanol–water partition coefficient (Wildman–Crippen LogP) is 4.48. The zero-order valence-corrected chi connectivity index (χ0v) is 15.4. The van der Waals surface area contributed by atoms with Crippen molar-refractivity contribution in [3.05, 3.63) is 23.2 Å². The molecule has 1 unspecified atom stereocenters. The fourth-order valence-electron chi connectivity index (χ4n) is 3.81. The minimum absolute atomic E-state index is 0.0387. The lowest BCUT2D eigenvalue weighted by Gasteiger charge is -2.46. The van der Waals surface area contributed by atoms with E-state index in [0.717, 1.165) is 12.8 Å². The number of alkyl halides is 3. The van der Waals surface area contributed by atoms with E-state index in [0.29, 0.717) is 43.2 Å². The van der Waals surface area contributed by atoms with Crippen LogP contribution in [0.3, 0.4) is 0 Å². The molecule has 2 heterocycles. The highest BCUT2D eigenvalue weighted by molar-refractivity contribution is 6.33. The number of hydrogen-bond acceptors (Lipinski definition) is 4. The molecule has 1 atom stereocenters. The van der Waals surface area contributed by atoms with Crippen molar-refractivity contribution in [1.29, 1.82) is 0 Å². The Kier molecular flexibility index (Phi) is 5.76. The molecule has 2 aliphatic rings. The highest BCUT2D eigenvalue weighted by Gasteiger charge is 2.40. The SMILES string of the molecule is O=C(O)CC1CCC2(CCN(c3cc(OC(F)(F)F)ccc3Cl)CC2)OC1. The molecule has 0 aromatic heterocycles. The van der Waals surface area contributed by atoms with Crippen LogP contribution in [0.15, 0.2) is 18.2 Å². The van der Waals surface area contributed by atoms with Crippen LogP contribution in [0.5, 0.6) is 5.75 Å². The van der Waals surface area contributed by atoms with E-state index >= 15 is 0 Å². The lowest BCUT2D eigenvalue weighted by molar-refractivity contribution is -0.274. The fraction of sp³-hybridized carbons (Fsp3) is 0.611. The minimum atomic E-state index is -4.75. The van der Waals surface area contributed by atoms with Crippen LogP contribution in [0.2, 0.25) is 5.02 Å². The van der Waals surface area contributed by atoms with Gasteiger partial charge in [-0.1, -0.05) is 11.6 Å². The highest BCUT2D eigenvalue weighted by atomic mass is 35.5. The largest absolute Gasteiger partial charge is 0.573 e. The van der Waals surface area contributed by atoms with Crippen LogP contribution in [0.4, 0.5) is 18.9 Å². The first-order valence-corrected chi connectivity index (χ1v) is 9.20. The Bertz CT molecular complexity index is 680. The van der Waals surface area contributed by atoms with Gasteiger partial charge in [-0.2, -0.15) is 0 Å². The van der Waals surface area contributed by atoms with Gasteiger partial charge in [0.25, 0.3) is 0 Å². The number of ether oxygens (including phenoxy) is 2. The first-order chi connectivity index (χ1) is 12.7. The molecule has 2 fully saturated rings. The van der Waals surface area contributed by atoms with Crippen LogP contribution in [0.1, 0.15) is 32.1 Å². The molecule has 5 nitrogen and oxygen atoms in total. The first kappa shape index (κ1) is 20.1. The summed E-state index contributed by atoms with van der Waals surface area (Å²) in [5.41, 5.74) is 0.228. The van der Waals surface area contributed by atoms with E-state index in [-0.39, 0.29) is 23.7 Å². The third-order valence-corrected chi connectivity index (χ3v) is 5.58. The van der Waals surface area contributed by atoms with Gasteiger partial charge in [0.1, 0.15) is 5.75 Å². The molecular formula is C18H21ClF3NO4. The van der Waals surface area contributed by atoms with Crippen molar-refractivity contribution in [3.8, 4) is 5.75 Å². The molecule has 0 saturated carbocycles. The number of nitrogens with zero attached hydrogens (tertiary/aromatic N) is 1. The number of rotatable bonds is 4. The Morgan fingerprint density at radius 2 is 2.04 bits per heavy atom. The van der Waals surface area contributed by atoms with Crippen molar-refractivity contribution >= 4 is 23.3 Å². The Labute approximate surface area is 160 Å². The topological polar surface area (TPSA) is 59.0 Å². The Morgan fingerprint density at radius 1 is 1.33 bits per heavy atom. The van der Waals surface area contributed by atoms with E-state index in [1.54, 1.807) is 0 Å². The van der Waals surface area contributed by atoms with E-state index in [1.807, 2.05) is 4.90 Å². The molecule has 27 heavy (non-hydrogen) atoms. The van der Waals surface area contributed by atoms with Gasteiger partial charge < -0.3 is 19.5 Å². The van der Waals surface area contributed by atoms with Gasteiger partial charge in [0.2, 0.25) is 0 Å². The number of halogens is 4. The number of carboxylic acids is 1. The zero-order chi connectivity index (χ0) is 19.7. The second-order valence-electron chi connectivity index (χ2n) is 7.14. The molecule has 0 radical (unpaired) electrons. The molecule has 2 saturated heterocycles. The summed E-state index contributed by atoms with van der Waals surface area (Å²) in [5.74, 6) is -1.07. The summed E-state index contributed by atoms with van der Waals surface area (Å²) in [6.07, 6.45) is -1.60. The van der Waals surface area contributed by atoms with Gasteiger partial charge in [0.15, 0.2) is 0 Å². The van der Waals surface area contributed by atoms with E-state index < -0.39 is 12.3 Å². The maximum atomic E-state index is 12.4. The summed E-state index contributed by atoms with van der Waals surface area (Å²) < 4.78 is 47.3. The molecule has 0 amide bonds. The summed E-state index contributed by atoms with van der Waals surface area (Å²) in [7, 11) is 0. The smallest absolute Gasteiger partial charge is 0.481 e. The number of piperidine rings is 1. The van der Waals surface area contributed by atoms with Gasteiger partial charge in [-0.05, 0) is 43.7 Å². The van der Waals surface area contributed by atoms with Crippen LogP contribution < -0.4 is 9.64 Å². The standard InChI is InChI=1S/C18H21ClF3NO4/c19-14-2-1-13(27-18(20,21)22)10-15(14)23-7-5-17(6-8-23)4-3-12(11-26-17)9-16(24)25/h1-2,10,12H,3-9,11H2,(H,24,25). The zero-order valence-electron chi connectivity index (χ0n) is 14.6. The summed E-state index contributed by atoms with van der Waals surface area (Å²) >= 11 is 6.18. The minimum Gasteiger partial charge on any atom is -0.481 e. The molecule has 1 N–H and O–H groups in total. The van der Waals surface area contributed by atoms with Crippen molar-refractivity contribution in [3.63, 3.8) is 0 Å². The van der Waals surface area contributed by atoms with Crippen LogP contribution in [0, 0.1) is 5.92 Å². The van der Waals surface area contributed by atoms with Gasteiger partial charge in [-0.3, -0.25) is 4.79 Å². The van der Waals surface area contributed by atoms with Crippen molar-refractivity contribution in [2.75, 3.05) is 24.6 Å². The highest BCUT2D eigenvalue weighted by Crippen LogP contribution is 2.40. The molecule has 0 aliphatic carbocycles. The van der Waals surface area contributed by atoms with Crippen LogP contribution >= 0.6 is 11.6 Å². The molecule has 150 valence electrons. The lowest BCUT2D eigenvalue weighted by atomic mass is 9.81. The van der Waals surface area contributed by atoms with Crippen molar-refractivity contribution in [2.45, 2.75) is 44.1 Å². The Morgan fingerprint density at radius 3 is 2.59 bits per heavy atom. The maximum absolute atomic E-state index is 12.4. The maximum Gasteiger partial charge on any atom is 0.573 e. The second-order valence-corrected chi connectivity index (χ2v) is 7.55. The van der Waals surface area contributed by atoms with Crippen LogP contribution in [0.25, 0.3) is 0 Å². The van der Waals surface area contributed by atoms with Gasteiger partial charge in [-0.15, -0.1) is 13.2 Å². The quantitative estimate of drug-likeness (QED) is 0.797. The molecule has 2 aliphatic heterocycles. The van der Waals surface area contributed by atoms with Crippen LogP contribution in [-0.2, 0) is 9.53 Å². The summed E-state index contributed by atoms with van der Waals surface area (Å²) in [6, 6.07) is 3.89. The molecule has 1 spiro atoms. The molecule has 3 rings (SSSR count). The summed E-state index contributed by atoms with van der Waals surface area (Å²) in [6.45, 7) is 1.62. The molecule has 1 aromatic carbocycles. The average Bonchev–Trinajstić information content (AvgIpc) is 2.58. The van der Waals surface area contributed by atoms with Crippen molar-refractivity contribution in [2.24, 2.45) is 5.92 Å².